The Labute approximate surface area is 592 Å². The molecule has 0 radical (unpaired) electrons. The van der Waals surface area contributed by atoms with E-state index in [0.717, 1.165) is 19.6 Å². The van der Waals surface area contributed by atoms with Crippen molar-refractivity contribution in [3.05, 3.63) is 104 Å². The van der Waals surface area contributed by atoms with Gasteiger partial charge in [0, 0.05) is 53.4 Å². The number of alkyl halides is 4. The van der Waals surface area contributed by atoms with Crippen molar-refractivity contribution in [1.82, 2.24) is 19.6 Å². The number of ether oxygens (including phenoxy) is 8. The lowest BCUT2D eigenvalue weighted by molar-refractivity contribution is -0.146. The zero-order valence-electron chi connectivity index (χ0n) is 58.6. The second-order valence-corrected chi connectivity index (χ2v) is 28.4. The number of carbonyl (C=O) groups excluding carboxylic acids is 6. The van der Waals surface area contributed by atoms with Crippen LogP contribution >= 0.6 is 34.8 Å². The molecule has 562 valence electrons. The van der Waals surface area contributed by atoms with Crippen molar-refractivity contribution in [3.8, 4) is 0 Å². The molecule has 4 heterocycles. The monoisotopic (exact) mass is 1490 g/mol. The number of amides is 4. The Hall–Kier alpha value is -6.80. The van der Waals surface area contributed by atoms with Gasteiger partial charge in [0.05, 0.1) is 41.2 Å². The van der Waals surface area contributed by atoms with Gasteiger partial charge in [-0.05, 0) is 125 Å². The predicted molar refractivity (Wildman–Crippen MR) is 354 cm³/mol. The maximum absolute atomic E-state index is 14.7. The molecule has 23 nitrogen and oxygen atoms in total. The quantitative estimate of drug-likeness (QED) is 0.0941. The minimum atomic E-state index is -1.76. The highest BCUT2D eigenvalue weighted by atomic mass is 35.5. The molecule has 0 aromatic heterocycles. The maximum atomic E-state index is 14.7. The second-order valence-electron chi connectivity index (χ2n) is 27.1. The van der Waals surface area contributed by atoms with Gasteiger partial charge in [-0.25, -0.2) is 59.5 Å². The van der Waals surface area contributed by atoms with E-state index in [0.29, 0.717) is 5.56 Å². The third-order valence-electron chi connectivity index (χ3n) is 14.9. The zero-order chi connectivity index (χ0) is 76.4. The average molecular weight is 1490 g/mol. The molecular formula is C67H91Cl3F7N5O18. The van der Waals surface area contributed by atoms with Gasteiger partial charge in [-0.2, -0.15) is 0 Å². The number of carboxylic acids is 2. The summed E-state index contributed by atoms with van der Waals surface area (Å²) in [6.07, 6.45) is -14.0. The Morgan fingerprint density at radius 3 is 1.02 bits per heavy atom. The van der Waals surface area contributed by atoms with E-state index >= 15 is 0 Å². The summed E-state index contributed by atoms with van der Waals surface area (Å²) >= 11 is 16.9. The zero-order valence-corrected chi connectivity index (χ0v) is 60.8. The van der Waals surface area contributed by atoms with Gasteiger partial charge in [0.15, 0.2) is 36.0 Å². The van der Waals surface area contributed by atoms with Gasteiger partial charge in [0.25, 0.3) is 0 Å². The number of benzene rings is 3. The number of aryl methyl sites for hydroxylation is 2. The van der Waals surface area contributed by atoms with Crippen LogP contribution in [0.25, 0.3) is 0 Å². The van der Waals surface area contributed by atoms with Crippen molar-refractivity contribution in [1.29, 1.82) is 0 Å². The van der Waals surface area contributed by atoms with E-state index in [1.807, 2.05) is 0 Å². The molecule has 3 aromatic rings. The van der Waals surface area contributed by atoms with Crippen LogP contribution in [0.4, 0.5) is 49.9 Å². The Morgan fingerprint density at radius 2 is 0.720 bits per heavy atom. The van der Waals surface area contributed by atoms with Crippen molar-refractivity contribution in [2.24, 2.45) is 5.73 Å². The number of carbonyl (C=O) groups is 8. The van der Waals surface area contributed by atoms with E-state index in [4.69, 9.17) is 88.6 Å². The topological polar surface area (TPSA) is 290 Å². The number of halogens is 10. The number of hydrogen-bond acceptors (Lipinski definition) is 17. The molecule has 0 aliphatic carbocycles. The minimum Gasteiger partial charge on any atom is -0.480 e. The number of nitrogens with two attached hydrogens (primary N) is 1. The maximum Gasteiger partial charge on any atom is 0.411 e. The van der Waals surface area contributed by atoms with Crippen LogP contribution in [-0.4, -0.2) is 228 Å². The molecule has 0 bridgehead atoms. The highest BCUT2D eigenvalue weighted by molar-refractivity contribution is 6.31. The first-order valence-electron chi connectivity index (χ1n) is 31.4. The van der Waals surface area contributed by atoms with Gasteiger partial charge < -0.3 is 53.8 Å². The summed E-state index contributed by atoms with van der Waals surface area (Å²) in [5, 5.41) is 18.1. The molecule has 3 aromatic carbocycles. The lowest BCUT2D eigenvalue weighted by Gasteiger charge is -2.29. The standard InChI is InChI=1S/2C19H24ClF2NO4.2C11H18FNO5.C7H7ClFN/c1-19(2,3)27-18(25)23-10-13(21)17(26-4)16(23)14(24)9-8-11-6-5-7-12(20)15(11)22;1-19(2,3)27-18(25)23-10-14(26-4)16(22)17(23)13(24)9-8-11-6-5-7-12(20)15(11)21;1-11(2,3)18-10(16)13-5-6(12)8(17-4)7(13)9(14)15;1-11(2,3)18-10(16)13-5-6(17-4)7(12)8(13)9(14)15;8-6-3-1-2-5(4-10)7(6)9/h5-7,13,16-17H,8-10H2,1-4H3;5-7,14,16-17H,8-10H2,1-4H3;2*6-8H,5H2,1-4H3,(H,14,15);1-3H,4,10H2/t13-,16+,17+;14-,16+,17-;6-,7-,8+;6-,7+,8+;/m0101./s1. The van der Waals surface area contributed by atoms with E-state index in [1.54, 1.807) is 107 Å². The summed E-state index contributed by atoms with van der Waals surface area (Å²) in [5.41, 5.74) is 3.11. The lowest BCUT2D eigenvalue weighted by atomic mass is 9.99. The summed E-state index contributed by atoms with van der Waals surface area (Å²) in [5.74, 6) is -5.27. The van der Waals surface area contributed by atoms with E-state index in [1.165, 1.54) is 58.8 Å². The molecule has 4 N–H and O–H groups in total. The highest BCUT2D eigenvalue weighted by Crippen LogP contribution is 2.33. The van der Waals surface area contributed by atoms with Crippen molar-refractivity contribution < 1.29 is 117 Å². The molecule has 0 saturated carbocycles. The molecule has 4 saturated heterocycles. The number of aliphatic carboxylic acids is 2. The van der Waals surface area contributed by atoms with Crippen LogP contribution in [0.5, 0.6) is 0 Å². The molecule has 4 aliphatic heterocycles. The van der Waals surface area contributed by atoms with Gasteiger partial charge in [-0.3, -0.25) is 29.2 Å². The van der Waals surface area contributed by atoms with Crippen molar-refractivity contribution in [2.45, 2.75) is 211 Å². The Morgan fingerprint density at radius 1 is 0.440 bits per heavy atom. The smallest absolute Gasteiger partial charge is 0.411 e. The SMILES string of the molecule is CO[C@@H]1CN(C(=O)OC(C)(C)C)[C@H](C(=O)CCc2cccc(Cl)c2F)[C@H]1F.CO[C@@H]1CN(C(=O)OC(C)(C)C)[C@H](C(=O)O)[C@H]1F.CO[C@H]1[C@@H](C(=O)CCc2cccc(Cl)c2F)N(C(=O)OC(C)(C)C)C[C@@H]1F.CO[C@H]1[C@@H](C(=O)O)N(C(=O)OC(C)(C)C)C[C@@H]1F.NCc1cccc(Cl)c1F. The van der Waals surface area contributed by atoms with Gasteiger partial charge in [0.2, 0.25) is 0 Å². The molecule has 33 heteroatoms. The van der Waals surface area contributed by atoms with Crippen LogP contribution in [-0.2, 0) is 76.5 Å². The van der Waals surface area contributed by atoms with Gasteiger partial charge in [0.1, 0.15) is 88.7 Å². The Kier molecular flexibility index (Phi) is 33.2. The largest absolute Gasteiger partial charge is 0.480 e. The highest BCUT2D eigenvalue weighted by Gasteiger charge is 2.53. The van der Waals surface area contributed by atoms with Crippen molar-refractivity contribution >= 4 is 82.7 Å². The fourth-order valence-electron chi connectivity index (χ4n) is 10.4. The van der Waals surface area contributed by atoms with Crippen LogP contribution in [0.15, 0.2) is 54.6 Å². The molecule has 7 rings (SSSR count). The first kappa shape index (κ1) is 87.4. The van der Waals surface area contributed by atoms with E-state index in [2.05, 4.69) is 0 Å². The summed E-state index contributed by atoms with van der Waals surface area (Å²) in [6, 6.07) is 8.43. The molecule has 0 spiro atoms. The average Bonchev–Trinajstić information content (AvgIpc) is 1.67. The van der Waals surface area contributed by atoms with E-state index in [9.17, 15) is 69.1 Å². The molecule has 4 fully saturated rings. The van der Waals surface area contributed by atoms with Crippen molar-refractivity contribution in [3.63, 3.8) is 0 Å². The summed E-state index contributed by atoms with van der Waals surface area (Å²) in [7, 11) is 5.09. The number of likely N-dealkylation sites (tertiary alicyclic amines) is 4. The number of Topliss-reactive ketones (excluding diaryl/α,β-unsaturated/α-hetero) is 2. The predicted octanol–water partition coefficient (Wildman–Crippen LogP) is 11.9. The number of methoxy groups -OCH3 is 4. The number of nitrogens with zero attached hydrogens (tertiary/aromatic N) is 4. The first-order valence-corrected chi connectivity index (χ1v) is 32.5. The minimum absolute atomic E-state index is 0.0326. The molecule has 0 unspecified atom stereocenters. The second kappa shape index (κ2) is 37.9. The fourth-order valence-corrected chi connectivity index (χ4v) is 11.0. The summed E-state index contributed by atoms with van der Waals surface area (Å²) in [6.45, 7) is 19.3. The van der Waals surface area contributed by atoms with Crippen LogP contribution in [0.2, 0.25) is 15.1 Å². The third-order valence-corrected chi connectivity index (χ3v) is 15.8. The number of hydrogen-bond donors (Lipinski definition) is 3. The number of carboxylic acid groups (broad SMARTS) is 2. The first-order chi connectivity index (χ1) is 46.2. The molecule has 4 amide bonds. The Balaban J connectivity index is 0.000000336. The number of rotatable bonds is 15. The van der Waals surface area contributed by atoms with Crippen LogP contribution in [0, 0.1) is 17.5 Å². The number of ketones is 2. The van der Waals surface area contributed by atoms with Gasteiger partial charge in [-0.1, -0.05) is 71.2 Å². The van der Waals surface area contributed by atoms with Gasteiger partial charge >= 0.3 is 36.3 Å². The Bertz CT molecular complexity index is 3230. The summed E-state index contributed by atoms with van der Waals surface area (Å²) in [4.78, 5) is 99.8. The van der Waals surface area contributed by atoms with Gasteiger partial charge in [-0.15, -0.1) is 0 Å². The molecular weight excluding hydrogens is 1400 g/mol. The molecule has 100 heavy (non-hydrogen) atoms. The van der Waals surface area contributed by atoms with Crippen LogP contribution < -0.4 is 5.73 Å². The van der Waals surface area contributed by atoms with Crippen molar-refractivity contribution in [2.75, 3.05) is 54.6 Å². The van der Waals surface area contributed by atoms with Crippen LogP contribution in [0.1, 0.15) is 113 Å². The normalized spacial score (nSPS) is 23.5. The summed E-state index contributed by atoms with van der Waals surface area (Å²) < 4.78 is 138. The third kappa shape index (κ3) is 25.3. The van der Waals surface area contributed by atoms with E-state index < -0.39 is 161 Å². The lowest BCUT2D eigenvalue weighted by Crippen LogP contribution is -2.47. The van der Waals surface area contributed by atoms with E-state index in [-0.39, 0.29) is 84.6 Å². The molecule has 4 aliphatic rings. The fraction of sp³-hybridized carbons (Fsp3) is 0.612. The molecule has 12 atom stereocenters. The van der Waals surface area contributed by atoms with Crippen LogP contribution in [0.3, 0.4) is 0 Å².